The molecule has 0 saturated carbocycles. The molecule has 2 aliphatic heterocycles. The van der Waals surface area contributed by atoms with Crippen LogP contribution in [0.15, 0.2) is 24.5 Å². The first-order valence-corrected chi connectivity index (χ1v) is 11.7. The second-order valence-electron chi connectivity index (χ2n) is 9.37. The van der Waals surface area contributed by atoms with Crippen molar-refractivity contribution >= 4 is 39.5 Å². The highest BCUT2D eigenvalue weighted by Crippen LogP contribution is 2.42. The zero-order valence-corrected chi connectivity index (χ0v) is 19.5. The summed E-state index contributed by atoms with van der Waals surface area (Å²) in [5.74, 6) is 0.734. The van der Waals surface area contributed by atoms with Gasteiger partial charge < -0.3 is 14.7 Å². The van der Waals surface area contributed by atoms with Gasteiger partial charge in [-0.25, -0.2) is 14.6 Å². The van der Waals surface area contributed by atoms with Crippen LogP contribution >= 0.6 is 11.6 Å². The highest BCUT2D eigenvalue weighted by Gasteiger charge is 2.41. The Hall–Kier alpha value is -2.75. The van der Waals surface area contributed by atoms with Crippen LogP contribution in [0.25, 0.3) is 27.8 Å². The van der Waals surface area contributed by atoms with Gasteiger partial charge in [0.25, 0.3) is 0 Å². The topological polar surface area (TPSA) is 94.1 Å². The third-order valence-electron chi connectivity index (χ3n) is 7.06. The van der Waals surface area contributed by atoms with Crippen LogP contribution in [0.1, 0.15) is 31.9 Å². The van der Waals surface area contributed by atoms with Gasteiger partial charge in [-0.05, 0) is 43.7 Å². The van der Waals surface area contributed by atoms with Gasteiger partial charge in [0.1, 0.15) is 16.7 Å². The Morgan fingerprint density at radius 1 is 1.24 bits per heavy atom. The molecule has 5 heterocycles. The number of hydrogen-bond donors (Lipinski definition) is 1. The summed E-state index contributed by atoms with van der Waals surface area (Å²) >= 11 is 6.69. The molecule has 1 N–H and O–H groups in total. The third-order valence-corrected chi connectivity index (χ3v) is 7.43. The standard InChI is InChI=1S/C23H26ClN7O2/c1-14-9-23(13-33-14)5-7-30(8-6-23)21-17(12-32)27-22-16(26-21)10-25-31(22)18-4-3-15-11-29(2)28-20(15)19(18)24/h3-4,10-11,14,32H,5-9,12-13H2,1-2H3/t14-/m0/s1. The quantitative estimate of drug-likeness (QED) is 0.494. The Morgan fingerprint density at radius 3 is 2.79 bits per heavy atom. The molecule has 0 unspecified atom stereocenters. The minimum Gasteiger partial charge on any atom is -0.390 e. The number of aryl methyl sites for hydroxylation is 1. The molecule has 0 aliphatic carbocycles. The summed E-state index contributed by atoms with van der Waals surface area (Å²) in [7, 11) is 1.86. The fraction of sp³-hybridized carbons (Fsp3) is 0.478. The van der Waals surface area contributed by atoms with Crippen molar-refractivity contribution in [1.29, 1.82) is 0 Å². The van der Waals surface area contributed by atoms with E-state index in [0.29, 0.717) is 39.2 Å². The molecule has 33 heavy (non-hydrogen) atoms. The lowest BCUT2D eigenvalue weighted by atomic mass is 9.77. The van der Waals surface area contributed by atoms with Crippen molar-refractivity contribution in [2.45, 2.75) is 38.9 Å². The van der Waals surface area contributed by atoms with Crippen molar-refractivity contribution in [2.24, 2.45) is 12.5 Å². The Morgan fingerprint density at radius 2 is 2.06 bits per heavy atom. The van der Waals surface area contributed by atoms with Crippen molar-refractivity contribution in [2.75, 3.05) is 24.6 Å². The van der Waals surface area contributed by atoms with Crippen LogP contribution in [-0.4, -0.2) is 60.4 Å². The summed E-state index contributed by atoms with van der Waals surface area (Å²) in [6, 6.07) is 3.87. The molecule has 2 saturated heterocycles. The van der Waals surface area contributed by atoms with Gasteiger partial charge in [-0.2, -0.15) is 10.2 Å². The molecule has 2 fully saturated rings. The normalized spacial score (nSPS) is 20.5. The monoisotopic (exact) mass is 467 g/mol. The number of halogens is 1. The van der Waals surface area contributed by atoms with E-state index in [1.54, 1.807) is 15.6 Å². The minimum atomic E-state index is -0.196. The summed E-state index contributed by atoms with van der Waals surface area (Å²) in [6.07, 6.45) is 7.19. The summed E-state index contributed by atoms with van der Waals surface area (Å²) in [5, 5.41) is 20.6. The van der Waals surface area contributed by atoms with Gasteiger partial charge in [-0.3, -0.25) is 4.68 Å². The molecule has 0 bridgehead atoms. The maximum Gasteiger partial charge on any atom is 0.182 e. The molecule has 0 radical (unpaired) electrons. The van der Waals surface area contributed by atoms with Crippen LogP contribution < -0.4 is 4.90 Å². The average Bonchev–Trinajstić information content (AvgIpc) is 3.50. The smallest absolute Gasteiger partial charge is 0.182 e. The molecule has 2 aliphatic rings. The molecular weight excluding hydrogens is 442 g/mol. The molecule has 6 rings (SSSR count). The number of benzene rings is 1. The number of hydrogen-bond acceptors (Lipinski definition) is 7. The van der Waals surface area contributed by atoms with E-state index < -0.39 is 0 Å². The second kappa shape index (κ2) is 7.65. The fourth-order valence-corrected chi connectivity index (χ4v) is 5.61. The van der Waals surface area contributed by atoms with Crippen LogP contribution in [0, 0.1) is 5.41 Å². The Labute approximate surface area is 195 Å². The van der Waals surface area contributed by atoms with E-state index in [1.165, 1.54) is 0 Å². The predicted octanol–water partition coefficient (Wildman–Crippen LogP) is 3.24. The van der Waals surface area contributed by atoms with Crippen molar-refractivity contribution < 1.29 is 9.84 Å². The zero-order chi connectivity index (χ0) is 22.7. The zero-order valence-electron chi connectivity index (χ0n) is 18.7. The predicted molar refractivity (Wildman–Crippen MR) is 126 cm³/mol. The van der Waals surface area contributed by atoms with E-state index in [1.807, 2.05) is 25.4 Å². The van der Waals surface area contributed by atoms with Gasteiger partial charge in [0.05, 0.1) is 36.2 Å². The van der Waals surface area contributed by atoms with Gasteiger partial charge in [0, 0.05) is 31.7 Å². The highest BCUT2D eigenvalue weighted by molar-refractivity contribution is 6.37. The van der Waals surface area contributed by atoms with Crippen LogP contribution in [-0.2, 0) is 18.4 Å². The van der Waals surface area contributed by atoms with Crippen molar-refractivity contribution in [3.63, 3.8) is 0 Å². The van der Waals surface area contributed by atoms with Crippen LogP contribution in [0.3, 0.4) is 0 Å². The van der Waals surface area contributed by atoms with Crippen LogP contribution in [0.5, 0.6) is 0 Å². The Bertz CT molecular complexity index is 1360. The molecule has 172 valence electrons. The van der Waals surface area contributed by atoms with E-state index in [-0.39, 0.29) is 12.0 Å². The molecule has 0 amide bonds. The number of fused-ring (bicyclic) bond motifs is 2. The van der Waals surface area contributed by atoms with Crippen molar-refractivity contribution in [3.8, 4) is 5.69 Å². The van der Waals surface area contributed by atoms with Gasteiger partial charge in [-0.15, -0.1) is 0 Å². The SMILES string of the molecule is C[C@H]1CC2(CCN(c3nc4cnn(-c5ccc6cn(C)nc6c5Cl)c4nc3CO)CC2)CO1. The van der Waals surface area contributed by atoms with Crippen molar-refractivity contribution in [1.82, 2.24) is 29.5 Å². The molecule has 4 aromatic rings. The summed E-state index contributed by atoms with van der Waals surface area (Å²) < 4.78 is 9.26. The summed E-state index contributed by atoms with van der Waals surface area (Å²) in [6.45, 7) is 4.55. The van der Waals surface area contributed by atoms with Gasteiger partial charge in [-0.1, -0.05) is 11.6 Å². The van der Waals surface area contributed by atoms with Gasteiger partial charge >= 0.3 is 0 Å². The summed E-state index contributed by atoms with van der Waals surface area (Å²) in [4.78, 5) is 11.9. The number of nitrogens with zero attached hydrogens (tertiary/aromatic N) is 7. The van der Waals surface area contributed by atoms with E-state index in [4.69, 9.17) is 26.3 Å². The van der Waals surface area contributed by atoms with Gasteiger partial charge in [0.2, 0.25) is 0 Å². The Kier molecular flexibility index (Phi) is 4.83. The molecule has 10 heteroatoms. The fourth-order valence-electron chi connectivity index (χ4n) is 5.32. The lowest BCUT2D eigenvalue weighted by Gasteiger charge is -2.39. The first-order chi connectivity index (χ1) is 16.0. The first-order valence-electron chi connectivity index (χ1n) is 11.3. The van der Waals surface area contributed by atoms with E-state index in [0.717, 1.165) is 50.2 Å². The van der Waals surface area contributed by atoms with E-state index in [2.05, 4.69) is 22.0 Å². The van der Waals surface area contributed by atoms with Crippen molar-refractivity contribution in [3.05, 3.63) is 35.2 Å². The second-order valence-corrected chi connectivity index (χ2v) is 9.75. The third kappa shape index (κ3) is 3.37. The average molecular weight is 468 g/mol. The molecule has 1 aromatic carbocycles. The number of piperidine rings is 1. The molecule has 1 atom stereocenters. The lowest BCUT2D eigenvalue weighted by molar-refractivity contribution is 0.0975. The first kappa shape index (κ1) is 20.8. The number of aromatic nitrogens is 6. The van der Waals surface area contributed by atoms with Gasteiger partial charge in [0.15, 0.2) is 11.5 Å². The molecule has 3 aromatic heterocycles. The number of anilines is 1. The lowest BCUT2D eigenvalue weighted by Crippen LogP contribution is -2.41. The van der Waals surface area contributed by atoms with E-state index in [9.17, 15) is 5.11 Å². The number of aliphatic hydroxyl groups excluding tert-OH is 1. The van der Waals surface area contributed by atoms with Crippen LogP contribution in [0.2, 0.25) is 5.02 Å². The molecule has 9 nitrogen and oxygen atoms in total. The maximum absolute atomic E-state index is 10.1. The highest BCUT2D eigenvalue weighted by atomic mass is 35.5. The maximum atomic E-state index is 10.1. The Balaban J connectivity index is 1.36. The molecular formula is C23H26ClN7O2. The largest absolute Gasteiger partial charge is 0.390 e. The van der Waals surface area contributed by atoms with Crippen LogP contribution in [0.4, 0.5) is 5.82 Å². The number of aliphatic hydroxyl groups is 1. The number of ether oxygens (including phenoxy) is 1. The minimum absolute atomic E-state index is 0.196. The molecule has 1 spiro atoms. The van der Waals surface area contributed by atoms with E-state index >= 15 is 0 Å². The number of rotatable bonds is 3. The summed E-state index contributed by atoms with van der Waals surface area (Å²) in [5.41, 5.74) is 3.44.